The fourth-order valence-corrected chi connectivity index (χ4v) is 2.20. The molecule has 0 aliphatic heterocycles. The number of rotatable bonds is 3. The number of nitrogens with two attached hydrogens (primary N) is 1. The molecule has 0 fully saturated rings. The van der Waals surface area contributed by atoms with Crippen LogP contribution in [0.2, 0.25) is 10.0 Å². The maximum absolute atomic E-state index is 11.8. The van der Waals surface area contributed by atoms with Gasteiger partial charge in [-0.15, -0.1) is 0 Å². The number of benzene rings is 2. The fourth-order valence-electron chi connectivity index (χ4n) is 1.78. The van der Waals surface area contributed by atoms with Crippen LogP contribution in [-0.2, 0) is 4.74 Å². The summed E-state index contributed by atoms with van der Waals surface area (Å²) < 4.78 is 10.4. The van der Waals surface area contributed by atoms with Crippen LogP contribution < -0.4 is 10.5 Å². The number of nitrogen functional groups attached to an aromatic ring is 1. The van der Waals surface area contributed by atoms with E-state index >= 15 is 0 Å². The molecule has 2 rings (SSSR count). The summed E-state index contributed by atoms with van der Waals surface area (Å²) >= 11 is 12.2. The van der Waals surface area contributed by atoms with Crippen molar-refractivity contribution in [2.24, 2.45) is 0 Å². The van der Waals surface area contributed by atoms with Crippen LogP contribution in [0.1, 0.15) is 15.9 Å². The fraction of sp³-hybridized carbons (Fsp3) is 0.133. The topological polar surface area (TPSA) is 61.5 Å². The number of carbonyl (C=O) groups is 1. The number of hydrogen-bond donors (Lipinski definition) is 1. The second-order valence-corrected chi connectivity index (χ2v) is 5.22. The van der Waals surface area contributed by atoms with Crippen LogP contribution in [-0.4, -0.2) is 13.1 Å². The third-order valence-corrected chi connectivity index (χ3v) is 3.36. The Hall–Kier alpha value is -1.91. The largest absolute Gasteiger partial charge is 0.465 e. The van der Waals surface area contributed by atoms with Crippen molar-refractivity contribution >= 4 is 34.9 Å². The van der Waals surface area contributed by atoms with Gasteiger partial charge in [0, 0.05) is 5.69 Å². The van der Waals surface area contributed by atoms with Gasteiger partial charge >= 0.3 is 5.97 Å². The average Bonchev–Trinajstić information content (AvgIpc) is 2.44. The van der Waals surface area contributed by atoms with Gasteiger partial charge in [0.25, 0.3) is 0 Å². The van der Waals surface area contributed by atoms with E-state index in [2.05, 4.69) is 0 Å². The summed E-state index contributed by atoms with van der Waals surface area (Å²) in [6, 6.07) is 8.23. The molecule has 2 aromatic rings. The third kappa shape index (κ3) is 3.40. The maximum atomic E-state index is 11.8. The Morgan fingerprint density at radius 3 is 2.52 bits per heavy atom. The molecule has 0 aliphatic carbocycles. The van der Waals surface area contributed by atoms with E-state index in [1.165, 1.54) is 19.2 Å². The van der Waals surface area contributed by atoms with E-state index in [1.54, 1.807) is 12.1 Å². The summed E-state index contributed by atoms with van der Waals surface area (Å²) in [5.74, 6) is -0.0401. The van der Waals surface area contributed by atoms with Gasteiger partial charge in [0.15, 0.2) is 5.75 Å². The van der Waals surface area contributed by atoms with Crippen LogP contribution in [0.4, 0.5) is 5.69 Å². The first-order chi connectivity index (χ1) is 9.92. The summed E-state index contributed by atoms with van der Waals surface area (Å²) in [5.41, 5.74) is 7.13. The summed E-state index contributed by atoms with van der Waals surface area (Å²) in [7, 11) is 1.27. The molecule has 0 heterocycles. The smallest absolute Gasteiger partial charge is 0.341 e. The Balaban J connectivity index is 2.53. The number of ether oxygens (including phenoxy) is 2. The van der Waals surface area contributed by atoms with E-state index in [1.807, 2.05) is 13.0 Å². The number of hydrogen-bond acceptors (Lipinski definition) is 4. The molecule has 0 amide bonds. The van der Waals surface area contributed by atoms with Crippen LogP contribution in [0.3, 0.4) is 0 Å². The second-order valence-electron chi connectivity index (χ2n) is 4.41. The summed E-state index contributed by atoms with van der Waals surface area (Å²) in [6.07, 6.45) is 0. The molecule has 4 nitrogen and oxygen atoms in total. The normalized spacial score (nSPS) is 10.3. The van der Waals surface area contributed by atoms with Crippen LogP contribution in [0.25, 0.3) is 0 Å². The first-order valence-electron chi connectivity index (χ1n) is 6.03. The highest BCUT2D eigenvalue weighted by molar-refractivity contribution is 6.33. The van der Waals surface area contributed by atoms with Crippen molar-refractivity contribution in [3.05, 3.63) is 51.5 Å². The molecule has 0 radical (unpaired) electrons. The van der Waals surface area contributed by atoms with Crippen LogP contribution in [0, 0.1) is 6.92 Å². The molecule has 2 aromatic carbocycles. The van der Waals surface area contributed by atoms with Crippen LogP contribution in [0.15, 0.2) is 30.3 Å². The lowest BCUT2D eigenvalue weighted by Crippen LogP contribution is -2.05. The molecular weight excluding hydrogens is 313 g/mol. The first kappa shape index (κ1) is 15.5. The quantitative estimate of drug-likeness (QED) is 0.668. The molecule has 0 saturated heterocycles. The minimum absolute atomic E-state index is 0.139. The van der Waals surface area contributed by atoms with Gasteiger partial charge < -0.3 is 15.2 Å². The lowest BCUT2D eigenvalue weighted by Gasteiger charge is -2.14. The third-order valence-electron chi connectivity index (χ3n) is 2.77. The molecular formula is C15H13Cl2NO3. The predicted octanol–water partition coefficient (Wildman–Crippen LogP) is 4.46. The minimum atomic E-state index is -0.594. The Bertz CT molecular complexity index is 702. The second kappa shape index (κ2) is 6.24. The van der Waals surface area contributed by atoms with Crippen molar-refractivity contribution in [2.75, 3.05) is 12.8 Å². The highest BCUT2D eigenvalue weighted by Crippen LogP contribution is 2.38. The summed E-state index contributed by atoms with van der Waals surface area (Å²) in [5, 5.41) is 0.609. The van der Waals surface area contributed by atoms with Crippen molar-refractivity contribution in [3.63, 3.8) is 0 Å². The van der Waals surface area contributed by atoms with Crippen molar-refractivity contribution in [1.29, 1.82) is 0 Å². The van der Waals surface area contributed by atoms with Crippen molar-refractivity contribution in [1.82, 2.24) is 0 Å². The van der Waals surface area contributed by atoms with Crippen molar-refractivity contribution in [3.8, 4) is 11.5 Å². The summed E-state index contributed by atoms with van der Waals surface area (Å²) in [6.45, 7) is 1.90. The highest BCUT2D eigenvalue weighted by Gasteiger charge is 2.19. The first-order valence-corrected chi connectivity index (χ1v) is 6.79. The zero-order valence-electron chi connectivity index (χ0n) is 11.4. The molecule has 0 aromatic heterocycles. The van der Waals surface area contributed by atoms with E-state index in [4.69, 9.17) is 38.4 Å². The van der Waals surface area contributed by atoms with Crippen molar-refractivity contribution < 1.29 is 14.3 Å². The molecule has 2 N–H and O–H groups in total. The zero-order valence-corrected chi connectivity index (χ0v) is 13.0. The Morgan fingerprint density at radius 1 is 1.14 bits per heavy atom. The molecule has 0 aliphatic rings. The van der Waals surface area contributed by atoms with Crippen molar-refractivity contribution in [2.45, 2.75) is 6.92 Å². The van der Waals surface area contributed by atoms with Gasteiger partial charge in [0.05, 0.1) is 17.2 Å². The number of esters is 1. The number of halogens is 2. The van der Waals surface area contributed by atoms with E-state index in [-0.39, 0.29) is 16.3 Å². The predicted molar refractivity (Wildman–Crippen MR) is 83.5 cm³/mol. The Morgan fingerprint density at radius 2 is 1.86 bits per heavy atom. The van der Waals surface area contributed by atoms with Crippen LogP contribution >= 0.6 is 23.2 Å². The minimum Gasteiger partial charge on any atom is -0.465 e. The van der Waals surface area contributed by atoms with Gasteiger partial charge in [-0.25, -0.2) is 4.79 Å². The number of methoxy groups -OCH3 is 1. The monoisotopic (exact) mass is 325 g/mol. The molecule has 6 heteroatoms. The van der Waals surface area contributed by atoms with Gasteiger partial charge in [-0.05, 0) is 36.8 Å². The number of aryl methyl sites for hydroxylation is 1. The lowest BCUT2D eigenvalue weighted by atomic mass is 10.1. The molecule has 0 atom stereocenters. The molecule has 110 valence electrons. The zero-order chi connectivity index (χ0) is 15.6. The van der Waals surface area contributed by atoms with E-state index in [9.17, 15) is 4.79 Å². The van der Waals surface area contributed by atoms with E-state index in [0.29, 0.717) is 16.5 Å². The maximum Gasteiger partial charge on any atom is 0.341 e. The van der Waals surface area contributed by atoms with Gasteiger partial charge in [0.1, 0.15) is 11.3 Å². The SMILES string of the molecule is COC(=O)c1cc(N)cc(Cl)c1Oc1cc(C)ccc1Cl. The van der Waals surface area contributed by atoms with E-state index < -0.39 is 5.97 Å². The van der Waals surface area contributed by atoms with Gasteiger partial charge in [0.2, 0.25) is 0 Å². The highest BCUT2D eigenvalue weighted by atomic mass is 35.5. The number of anilines is 1. The number of carbonyl (C=O) groups excluding carboxylic acids is 1. The molecule has 0 unspecified atom stereocenters. The standard InChI is InChI=1S/C15H13Cl2NO3/c1-8-3-4-11(16)13(5-8)21-14-10(15(19)20-2)6-9(18)7-12(14)17/h3-7H,18H2,1-2H3. The Kier molecular flexibility index (Phi) is 4.60. The molecule has 0 spiro atoms. The van der Waals surface area contributed by atoms with Gasteiger partial charge in [-0.2, -0.15) is 0 Å². The Labute approximate surface area is 132 Å². The molecule has 21 heavy (non-hydrogen) atoms. The average molecular weight is 326 g/mol. The molecule has 0 bridgehead atoms. The van der Waals surface area contributed by atoms with E-state index in [0.717, 1.165) is 5.56 Å². The van der Waals surface area contributed by atoms with Gasteiger partial charge in [-0.3, -0.25) is 0 Å². The van der Waals surface area contributed by atoms with Gasteiger partial charge in [-0.1, -0.05) is 29.3 Å². The van der Waals surface area contributed by atoms with Crippen LogP contribution in [0.5, 0.6) is 11.5 Å². The summed E-state index contributed by atoms with van der Waals surface area (Å²) in [4.78, 5) is 11.8. The molecule has 0 saturated carbocycles. The lowest BCUT2D eigenvalue weighted by molar-refractivity contribution is 0.0598.